The topological polar surface area (TPSA) is 55.8 Å². The third-order valence-corrected chi connectivity index (χ3v) is 3.48. The number of carboxylic acid groups (broad SMARTS) is 1. The van der Waals surface area contributed by atoms with E-state index in [2.05, 4.69) is 0 Å². The lowest BCUT2D eigenvalue weighted by molar-refractivity contribution is -0.162. The number of ether oxygens (including phenoxy) is 2. The van der Waals surface area contributed by atoms with Crippen LogP contribution in [-0.4, -0.2) is 30.6 Å². The first-order valence-corrected chi connectivity index (χ1v) is 7.74. The van der Waals surface area contributed by atoms with E-state index in [1.165, 1.54) is 32.1 Å². The van der Waals surface area contributed by atoms with Gasteiger partial charge < -0.3 is 14.6 Å². The molecule has 1 fully saturated rings. The van der Waals surface area contributed by atoms with Crippen LogP contribution in [0.25, 0.3) is 0 Å². The van der Waals surface area contributed by atoms with Gasteiger partial charge in [0.25, 0.3) is 0 Å². The van der Waals surface area contributed by atoms with Gasteiger partial charge in [0.15, 0.2) is 6.29 Å². The Morgan fingerprint density at radius 1 is 1.05 bits per heavy atom. The Kier molecular flexibility index (Phi) is 9.72. The molecule has 0 radical (unpaired) electrons. The molecular weight excluding hydrogens is 244 g/mol. The van der Waals surface area contributed by atoms with Gasteiger partial charge in [0.1, 0.15) is 0 Å². The zero-order chi connectivity index (χ0) is 13.8. The summed E-state index contributed by atoms with van der Waals surface area (Å²) in [5, 5.41) is 8.50. The Morgan fingerprint density at radius 2 is 1.74 bits per heavy atom. The zero-order valence-electron chi connectivity index (χ0n) is 11.9. The SMILES string of the molecule is O=C(O)CCCCCCCCCOC1CCCCO1. The molecule has 0 aliphatic carbocycles. The Labute approximate surface area is 116 Å². The van der Waals surface area contributed by atoms with Crippen LogP contribution >= 0.6 is 0 Å². The quantitative estimate of drug-likeness (QED) is 0.582. The molecule has 1 aliphatic heterocycles. The number of carboxylic acids is 1. The van der Waals surface area contributed by atoms with Crippen LogP contribution in [0.4, 0.5) is 0 Å². The van der Waals surface area contributed by atoms with Gasteiger partial charge in [-0.3, -0.25) is 4.79 Å². The van der Waals surface area contributed by atoms with E-state index in [1.54, 1.807) is 0 Å². The average Bonchev–Trinajstić information content (AvgIpc) is 2.42. The van der Waals surface area contributed by atoms with Crippen molar-refractivity contribution in [2.24, 2.45) is 0 Å². The number of aliphatic carboxylic acids is 1. The first-order valence-electron chi connectivity index (χ1n) is 7.74. The van der Waals surface area contributed by atoms with E-state index in [4.69, 9.17) is 14.6 Å². The van der Waals surface area contributed by atoms with Crippen LogP contribution in [0, 0.1) is 0 Å². The van der Waals surface area contributed by atoms with E-state index < -0.39 is 5.97 Å². The summed E-state index contributed by atoms with van der Waals surface area (Å²) in [6.07, 6.45) is 11.5. The van der Waals surface area contributed by atoms with Crippen molar-refractivity contribution < 1.29 is 19.4 Å². The Morgan fingerprint density at radius 3 is 2.37 bits per heavy atom. The lowest BCUT2D eigenvalue weighted by Crippen LogP contribution is -2.22. The predicted octanol–water partition coefficient (Wildman–Crippen LogP) is 3.74. The maximum atomic E-state index is 10.3. The molecule has 1 unspecified atom stereocenters. The van der Waals surface area contributed by atoms with Crippen molar-refractivity contribution in [3.8, 4) is 0 Å². The van der Waals surface area contributed by atoms with Crippen molar-refractivity contribution in [2.45, 2.75) is 76.9 Å². The molecule has 112 valence electrons. The fourth-order valence-electron chi connectivity index (χ4n) is 2.32. The summed E-state index contributed by atoms with van der Waals surface area (Å²) in [7, 11) is 0. The van der Waals surface area contributed by atoms with Crippen molar-refractivity contribution in [2.75, 3.05) is 13.2 Å². The minimum Gasteiger partial charge on any atom is -0.481 e. The molecule has 1 N–H and O–H groups in total. The van der Waals surface area contributed by atoms with Gasteiger partial charge in [-0.1, -0.05) is 32.1 Å². The number of hydrogen-bond acceptors (Lipinski definition) is 3. The molecular formula is C15H28O4. The molecule has 1 aliphatic rings. The minimum absolute atomic E-state index is 0.0461. The van der Waals surface area contributed by atoms with Crippen LogP contribution < -0.4 is 0 Å². The molecule has 1 rings (SSSR count). The van der Waals surface area contributed by atoms with Crippen LogP contribution in [0.2, 0.25) is 0 Å². The van der Waals surface area contributed by atoms with E-state index in [0.717, 1.165) is 45.3 Å². The third kappa shape index (κ3) is 9.91. The minimum atomic E-state index is -0.679. The second-order valence-electron chi connectivity index (χ2n) is 5.29. The van der Waals surface area contributed by atoms with Crippen LogP contribution in [0.1, 0.15) is 70.6 Å². The lowest BCUT2D eigenvalue weighted by Gasteiger charge is -2.22. The maximum absolute atomic E-state index is 10.3. The number of hydrogen-bond donors (Lipinski definition) is 1. The van der Waals surface area contributed by atoms with E-state index in [1.807, 2.05) is 0 Å². The Balaban J connectivity index is 1.74. The molecule has 1 saturated heterocycles. The Bertz CT molecular complexity index is 224. The molecule has 19 heavy (non-hydrogen) atoms. The summed E-state index contributed by atoms with van der Waals surface area (Å²) < 4.78 is 11.2. The zero-order valence-corrected chi connectivity index (χ0v) is 11.9. The summed E-state index contributed by atoms with van der Waals surface area (Å²) in [5.74, 6) is -0.679. The largest absolute Gasteiger partial charge is 0.481 e. The molecule has 0 bridgehead atoms. The average molecular weight is 272 g/mol. The van der Waals surface area contributed by atoms with Crippen LogP contribution in [0.3, 0.4) is 0 Å². The number of rotatable bonds is 11. The molecule has 4 nitrogen and oxygen atoms in total. The van der Waals surface area contributed by atoms with Gasteiger partial charge in [-0.2, -0.15) is 0 Å². The van der Waals surface area contributed by atoms with Crippen LogP contribution in [-0.2, 0) is 14.3 Å². The molecule has 0 amide bonds. The van der Waals surface area contributed by atoms with Crippen LogP contribution in [0.5, 0.6) is 0 Å². The van der Waals surface area contributed by atoms with Crippen molar-refractivity contribution in [1.82, 2.24) is 0 Å². The standard InChI is InChI=1S/C15H28O4/c16-14(17)10-6-4-2-1-3-5-8-12-18-15-11-7-9-13-19-15/h15H,1-13H2,(H,16,17). The van der Waals surface area contributed by atoms with Crippen molar-refractivity contribution >= 4 is 5.97 Å². The summed E-state index contributed by atoms with van der Waals surface area (Å²) >= 11 is 0. The number of carbonyl (C=O) groups is 1. The van der Waals surface area contributed by atoms with Crippen molar-refractivity contribution in [3.05, 3.63) is 0 Å². The summed E-state index contributed by atoms with van der Waals surface area (Å²) in [4.78, 5) is 10.3. The fraction of sp³-hybridized carbons (Fsp3) is 0.933. The second kappa shape index (κ2) is 11.2. The molecule has 1 heterocycles. The highest BCUT2D eigenvalue weighted by atomic mass is 16.7. The van der Waals surface area contributed by atoms with Crippen LogP contribution in [0.15, 0.2) is 0 Å². The fourth-order valence-corrected chi connectivity index (χ4v) is 2.32. The molecule has 0 aromatic carbocycles. The van der Waals surface area contributed by atoms with Gasteiger partial charge >= 0.3 is 5.97 Å². The second-order valence-corrected chi connectivity index (χ2v) is 5.29. The van der Waals surface area contributed by atoms with Gasteiger partial charge in [0.05, 0.1) is 0 Å². The smallest absolute Gasteiger partial charge is 0.303 e. The van der Waals surface area contributed by atoms with Crippen molar-refractivity contribution in [3.63, 3.8) is 0 Å². The maximum Gasteiger partial charge on any atom is 0.303 e. The summed E-state index contributed by atoms with van der Waals surface area (Å²) in [5.41, 5.74) is 0. The third-order valence-electron chi connectivity index (χ3n) is 3.48. The van der Waals surface area contributed by atoms with E-state index in [-0.39, 0.29) is 6.29 Å². The molecule has 0 spiro atoms. The summed E-state index contributed by atoms with van der Waals surface area (Å²) in [6.45, 7) is 1.66. The first-order chi connectivity index (χ1) is 9.29. The molecule has 1 atom stereocenters. The lowest BCUT2D eigenvalue weighted by atomic mass is 10.1. The van der Waals surface area contributed by atoms with Gasteiger partial charge in [0, 0.05) is 19.6 Å². The molecule has 4 heteroatoms. The van der Waals surface area contributed by atoms with Gasteiger partial charge in [-0.25, -0.2) is 0 Å². The highest BCUT2D eigenvalue weighted by molar-refractivity contribution is 5.66. The molecule has 0 saturated carbocycles. The van der Waals surface area contributed by atoms with Gasteiger partial charge in [-0.15, -0.1) is 0 Å². The Hall–Kier alpha value is -0.610. The molecule has 0 aromatic heterocycles. The predicted molar refractivity (Wildman–Crippen MR) is 74.1 cm³/mol. The van der Waals surface area contributed by atoms with Gasteiger partial charge in [0.2, 0.25) is 0 Å². The highest BCUT2D eigenvalue weighted by Gasteiger charge is 2.13. The molecule has 0 aromatic rings. The van der Waals surface area contributed by atoms with E-state index in [0.29, 0.717) is 6.42 Å². The van der Waals surface area contributed by atoms with Gasteiger partial charge in [-0.05, 0) is 32.1 Å². The normalized spacial score (nSPS) is 19.5. The number of unbranched alkanes of at least 4 members (excludes halogenated alkanes) is 6. The summed E-state index contributed by atoms with van der Waals surface area (Å²) in [6, 6.07) is 0. The highest BCUT2D eigenvalue weighted by Crippen LogP contribution is 2.14. The van der Waals surface area contributed by atoms with Crippen molar-refractivity contribution in [1.29, 1.82) is 0 Å². The monoisotopic (exact) mass is 272 g/mol. The van der Waals surface area contributed by atoms with E-state index in [9.17, 15) is 4.79 Å². The first kappa shape index (κ1) is 16.4. The van der Waals surface area contributed by atoms with E-state index >= 15 is 0 Å².